The fourth-order valence-electron chi connectivity index (χ4n) is 4.02. The summed E-state index contributed by atoms with van der Waals surface area (Å²) in [7, 11) is 0. The highest BCUT2D eigenvalue weighted by Crippen LogP contribution is 2.38. The molecule has 2 aliphatic heterocycles. The summed E-state index contributed by atoms with van der Waals surface area (Å²) in [6.07, 6.45) is 4.61. The lowest BCUT2D eigenvalue weighted by molar-refractivity contribution is -0.534. The Labute approximate surface area is 154 Å². The topological polar surface area (TPSA) is 26.5 Å². The highest BCUT2D eigenvalue weighted by Gasteiger charge is 2.53. The average molecular weight is 356 g/mol. The maximum atomic E-state index is 11.8. The van der Waals surface area contributed by atoms with Crippen LogP contribution in [0, 0.1) is 6.92 Å². The summed E-state index contributed by atoms with van der Waals surface area (Å²) in [4.78, 5) is 2.14. The Kier molecular flexibility index (Phi) is 4.30. The van der Waals surface area contributed by atoms with Gasteiger partial charge in [-0.15, -0.1) is 0 Å². The van der Waals surface area contributed by atoms with Gasteiger partial charge in [-0.1, -0.05) is 41.4 Å². The van der Waals surface area contributed by atoms with E-state index in [1.165, 1.54) is 30.7 Å². The van der Waals surface area contributed by atoms with Gasteiger partial charge in [-0.3, -0.25) is 4.58 Å². The fourth-order valence-corrected chi connectivity index (χ4v) is 4.14. The van der Waals surface area contributed by atoms with Gasteiger partial charge >= 0.3 is 0 Å². The zero-order valence-electron chi connectivity index (χ0n) is 14.6. The number of hydrogen-bond donors (Lipinski definition) is 1. The Bertz CT molecular complexity index is 798. The van der Waals surface area contributed by atoms with Crippen LogP contribution in [0.25, 0.3) is 0 Å². The lowest BCUT2D eigenvalue weighted by Crippen LogP contribution is -2.47. The Morgan fingerprint density at radius 2 is 1.72 bits per heavy atom. The third-order valence-corrected chi connectivity index (χ3v) is 5.58. The molecule has 4 heteroatoms. The first-order chi connectivity index (χ1) is 12.1. The third-order valence-electron chi connectivity index (χ3n) is 5.33. The smallest absolute Gasteiger partial charge is 0.275 e. The monoisotopic (exact) mass is 355 g/mol. The van der Waals surface area contributed by atoms with E-state index in [4.69, 9.17) is 11.6 Å². The molecule has 2 aromatic rings. The summed E-state index contributed by atoms with van der Waals surface area (Å²) in [6.45, 7) is 3.69. The molecule has 0 unspecified atom stereocenters. The van der Waals surface area contributed by atoms with Crippen molar-refractivity contribution in [1.82, 2.24) is 0 Å². The van der Waals surface area contributed by atoms with Crippen molar-refractivity contribution in [3.8, 4) is 0 Å². The molecule has 0 radical (unpaired) electrons. The van der Waals surface area contributed by atoms with Gasteiger partial charge in [0, 0.05) is 17.0 Å². The maximum Gasteiger partial charge on any atom is 0.275 e. The standard InChI is InChI=1S/C21H24ClN2O/c1-16-6-12-19(13-7-16)24-20-5-3-2-4-14-23(20)15-21(24,25)17-8-10-18(22)11-9-17/h6-13,25H,2-5,14-15H2,1H3/q+1/t21-/m0/s1. The molecular weight excluding hydrogens is 332 g/mol. The Balaban J connectivity index is 1.83. The Hall–Kier alpha value is -1.84. The van der Waals surface area contributed by atoms with E-state index in [9.17, 15) is 5.11 Å². The van der Waals surface area contributed by atoms with Crippen LogP contribution in [-0.2, 0) is 5.72 Å². The molecule has 2 heterocycles. The maximum absolute atomic E-state index is 11.8. The van der Waals surface area contributed by atoms with Crippen LogP contribution >= 0.6 is 11.6 Å². The van der Waals surface area contributed by atoms with Crippen molar-refractivity contribution in [2.45, 2.75) is 38.3 Å². The number of amidine groups is 1. The predicted molar refractivity (Wildman–Crippen MR) is 102 cm³/mol. The largest absolute Gasteiger partial charge is 0.346 e. The second kappa shape index (κ2) is 6.47. The van der Waals surface area contributed by atoms with Gasteiger partial charge in [-0.05, 0) is 50.5 Å². The molecule has 0 fully saturated rings. The van der Waals surface area contributed by atoms with Crippen LogP contribution in [-0.4, -0.2) is 28.6 Å². The zero-order chi connectivity index (χ0) is 17.4. The molecule has 0 aliphatic carbocycles. The number of aliphatic hydroxyl groups is 1. The summed E-state index contributed by atoms with van der Waals surface area (Å²) in [5, 5.41) is 12.5. The number of benzene rings is 2. The van der Waals surface area contributed by atoms with Gasteiger partial charge in [0.25, 0.3) is 11.6 Å². The van der Waals surface area contributed by atoms with Gasteiger partial charge in [-0.25, -0.2) is 0 Å². The molecule has 3 nitrogen and oxygen atoms in total. The molecule has 1 N–H and O–H groups in total. The van der Waals surface area contributed by atoms with E-state index in [0.717, 1.165) is 24.2 Å². The van der Waals surface area contributed by atoms with E-state index < -0.39 is 5.72 Å². The highest BCUT2D eigenvalue weighted by atomic mass is 35.5. The molecule has 2 aliphatic rings. The van der Waals surface area contributed by atoms with Crippen LogP contribution in [0.4, 0.5) is 5.69 Å². The molecule has 0 amide bonds. The van der Waals surface area contributed by atoms with E-state index in [1.807, 2.05) is 24.3 Å². The summed E-state index contributed by atoms with van der Waals surface area (Å²) < 4.78 is 2.36. The first kappa shape index (κ1) is 16.6. The molecule has 0 aromatic heterocycles. The first-order valence-electron chi connectivity index (χ1n) is 9.04. The van der Waals surface area contributed by atoms with Crippen molar-refractivity contribution >= 4 is 23.1 Å². The number of hydrogen-bond acceptors (Lipinski definition) is 2. The molecule has 25 heavy (non-hydrogen) atoms. The van der Waals surface area contributed by atoms with E-state index >= 15 is 0 Å². The van der Waals surface area contributed by atoms with E-state index in [2.05, 4.69) is 40.7 Å². The van der Waals surface area contributed by atoms with Crippen LogP contribution < -0.4 is 4.90 Å². The number of halogens is 1. The van der Waals surface area contributed by atoms with Crippen molar-refractivity contribution < 1.29 is 9.68 Å². The Morgan fingerprint density at radius 1 is 1.00 bits per heavy atom. The summed E-state index contributed by atoms with van der Waals surface area (Å²) in [5.74, 6) is 1.24. The molecule has 130 valence electrons. The summed E-state index contributed by atoms with van der Waals surface area (Å²) in [6, 6.07) is 16.0. The van der Waals surface area contributed by atoms with E-state index in [1.54, 1.807) is 0 Å². The molecule has 4 rings (SSSR count). The summed E-state index contributed by atoms with van der Waals surface area (Å²) >= 11 is 6.07. The van der Waals surface area contributed by atoms with Crippen LogP contribution in [0.2, 0.25) is 5.02 Å². The Morgan fingerprint density at radius 3 is 2.44 bits per heavy atom. The van der Waals surface area contributed by atoms with Crippen LogP contribution in [0.3, 0.4) is 0 Å². The van der Waals surface area contributed by atoms with E-state index in [0.29, 0.717) is 11.6 Å². The number of rotatable bonds is 2. The number of nitrogens with zero attached hydrogens (tertiary/aromatic N) is 2. The second-order valence-electron chi connectivity index (χ2n) is 7.14. The van der Waals surface area contributed by atoms with Gasteiger partial charge in [0.2, 0.25) is 0 Å². The molecule has 2 aromatic carbocycles. The van der Waals surface area contributed by atoms with Crippen LogP contribution in [0.5, 0.6) is 0 Å². The quantitative estimate of drug-likeness (QED) is 0.813. The summed E-state index contributed by atoms with van der Waals surface area (Å²) in [5.41, 5.74) is 2.09. The predicted octanol–water partition coefficient (Wildman–Crippen LogP) is 4.30. The minimum absolute atomic E-state index is 0.595. The van der Waals surface area contributed by atoms with Crippen LogP contribution in [0.1, 0.15) is 36.8 Å². The third kappa shape index (κ3) is 2.96. The lowest BCUT2D eigenvalue weighted by atomic mass is 10.00. The fraction of sp³-hybridized carbons (Fsp3) is 0.381. The zero-order valence-corrected chi connectivity index (χ0v) is 15.3. The van der Waals surface area contributed by atoms with Gasteiger partial charge < -0.3 is 5.11 Å². The van der Waals surface area contributed by atoms with Gasteiger partial charge in [0.15, 0.2) is 6.54 Å². The van der Waals surface area contributed by atoms with Gasteiger partial charge in [0.05, 0.1) is 6.54 Å². The van der Waals surface area contributed by atoms with Crippen molar-refractivity contribution in [2.24, 2.45) is 0 Å². The minimum atomic E-state index is -1.06. The SMILES string of the molecule is Cc1ccc(N2C3=[N+](CCCCC3)C[C@]2(O)c2ccc(Cl)cc2)cc1. The molecule has 0 saturated carbocycles. The molecular formula is C21H24ClN2O+. The second-order valence-corrected chi connectivity index (χ2v) is 7.58. The van der Waals surface area contributed by atoms with Crippen molar-refractivity contribution in [3.05, 3.63) is 64.7 Å². The minimum Gasteiger partial charge on any atom is -0.346 e. The lowest BCUT2D eigenvalue weighted by Gasteiger charge is -2.29. The van der Waals surface area contributed by atoms with Gasteiger partial charge in [-0.2, -0.15) is 4.90 Å². The van der Waals surface area contributed by atoms with Crippen molar-refractivity contribution in [2.75, 3.05) is 18.0 Å². The van der Waals surface area contributed by atoms with E-state index in [-0.39, 0.29) is 0 Å². The molecule has 1 atom stereocenters. The molecule has 0 saturated heterocycles. The number of aryl methyl sites for hydroxylation is 1. The molecule has 0 bridgehead atoms. The van der Waals surface area contributed by atoms with Crippen LogP contribution in [0.15, 0.2) is 48.5 Å². The molecule has 0 spiro atoms. The first-order valence-corrected chi connectivity index (χ1v) is 9.42. The van der Waals surface area contributed by atoms with Crippen molar-refractivity contribution in [1.29, 1.82) is 0 Å². The number of anilines is 1. The highest BCUT2D eigenvalue weighted by molar-refractivity contribution is 6.30. The normalized spacial score (nSPS) is 23.6. The van der Waals surface area contributed by atoms with Crippen molar-refractivity contribution in [3.63, 3.8) is 0 Å². The average Bonchev–Trinajstić information content (AvgIpc) is 2.74. The van der Waals surface area contributed by atoms with Gasteiger partial charge in [0.1, 0.15) is 5.69 Å².